The van der Waals surface area contributed by atoms with Gasteiger partial charge >= 0.3 is 0 Å². The Labute approximate surface area is 169 Å². The number of sulfone groups is 1. The number of ether oxygens (including phenoxy) is 2. The second kappa shape index (κ2) is 12.3. The Kier molecular flexibility index (Phi) is 12.2. The molecule has 0 spiro atoms. The predicted octanol–water partition coefficient (Wildman–Crippen LogP) is -0.0586. The van der Waals surface area contributed by atoms with Crippen LogP contribution in [0.15, 0.2) is 4.99 Å². The fourth-order valence-electron chi connectivity index (χ4n) is 2.36. The van der Waals surface area contributed by atoms with Crippen molar-refractivity contribution in [2.45, 2.75) is 19.4 Å². The first-order valence-corrected chi connectivity index (χ1v) is 10.3. The van der Waals surface area contributed by atoms with Crippen molar-refractivity contribution in [1.29, 1.82) is 0 Å². The molecular weight excluding hydrogens is 459 g/mol. The predicted molar refractivity (Wildman–Crippen MR) is 112 cm³/mol. The van der Waals surface area contributed by atoms with Gasteiger partial charge in [-0.05, 0) is 13.8 Å². The fourth-order valence-corrected chi connectivity index (χ4v) is 2.78. The number of nitrogens with zero attached hydrogens (tertiary/aromatic N) is 2. The van der Waals surface area contributed by atoms with Gasteiger partial charge in [-0.15, -0.1) is 24.0 Å². The van der Waals surface area contributed by atoms with Crippen molar-refractivity contribution in [3.05, 3.63) is 0 Å². The summed E-state index contributed by atoms with van der Waals surface area (Å²) in [6, 6.07) is 0. The van der Waals surface area contributed by atoms with Crippen LogP contribution in [0.3, 0.4) is 0 Å². The lowest BCUT2D eigenvalue weighted by molar-refractivity contribution is -0.00834. The molecule has 1 rings (SSSR count). The summed E-state index contributed by atoms with van der Waals surface area (Å²) in [6.07, 6.45) is 1.20. The van der Waals surface area contributed by atoms with Crippen molar-refractivity contribution < 1.29 is 17.9 Å². The van der Waals surface area contributed by atoms with Crippen LogP contribution in [0.2, 0.25) is 0 Å². The van der Waals surface area contributed by atoms with E-state index in [0.29, 0.717) is 19.1 Å². The fraction of sp³-hybridized carbons (Fsp3) is 0.933. The third kappa shape index (κ3) is 11.2. The van der Waals surface area contributed by atoms with E-state index in [1.54, 1.807) is 7.05 Å². The molecule has 1 saturated heterocycles. The molecule has 0 aromatic carbocycles. The Balaban J connectivity index is 0.00000576. The lowest BCUT2D eigenvalue weighted by Gasteiger charge is -2.41. The molecule has 2 N–H and O–H groups in total. The topological polar surface area (TPSA) is 92.3 Å². The van der Waals surface area contributed by atoms with Crippen LogP contribution in [0.4, 0.5) is 0 Å². The van der Waals surface area contributed by atoms with Gasteiger partial charge in [0.05, 0.1) is 32.2 Å². The van der Waals surface area contributed by atoms with E-state index in [-0.39, 0.29) is 41.9 Å². The van der Waals surface area contributed by atoms with Gasteiger partial charge in [0.1, 0.15) is 9.84 Å². The highest BCUT2D eigenvalue weighted by molar-refractivity contribution is 14.0. The molecule has 0 unspecified atom stereocenters. The lowest BCUT2D eigenvalue weighted by atomic mass is 10.0. The van der Waals surface area contributed by atoms with Gasteiger partial charge in [-0.1, -0.05) is 0 Å². The zero-order valence-corrected chi connectivity index (χ0v) is 18.9. The maximum atomic E-state index is 11.0. The van der Waals surface area contributed by atoms with Crippen molar-refractivity contribution >= 4 is 39.8 Å². The van der Waals surface area contributed by atoms with Crippen LogP contribution in [0, 0.1) is 0 Å². The summed E-state index contributed by atoms with van der Waals surface area (Å²) in [7, 11) is -1.24. The normalized spacial score (nSPS) is 17.0. The summed E-state index contributed by atoms with van der Waals surface area (Å²) in [5.74, 6) is 0.760. The smallest absolute Gasteiger partial charge is 0.191 e. The molecule has 0 saturated carbocycles. The van der Waals surface area contributed by atoms with Crippen LogP contribution >= 0.6 is 24.0 Å². The van der Waals surface area contributed by atoms with E-state index in [0.717, 1.165) is 32.8 Å². The van der Waals surface area contributed by atoms with E-state index in [1.165, 1.54) is 6.26 Å². The first kappa shape index (κ1) is 24.8. The molecule has 25 heavy (non-hydrogen) atoms. The number of aliphatic imine (C=N–C) groups is 1. The summed E-state index contributed by atoms with van der Waals surface area (Å²) in [5, 5.41) is 6.49. The second-order valence-electron chi connectivity index (χ2n) is 6.51. The third-order valence-corrected chi connectivity index (χ3v) is 4.82. The Bertz CT molecular complexity index is 494. The van der Waals surface area contributed by atoms with Crippen LogP contribution in [0.1, 0.15) is 13.8 Å². The Hall–Kier alpha value is -0.170. The maximum Gasteiger partial charge on any atom is 0.191 e. The summed E-state index contributed by atoms with van der Waals surface area (Å²) < 4.78 is 32.7. The number of hydrogen-bond donors (Lipinski definition) is 2. The first-order chi connectivity index (χ1) is 11.2. The molecule has 0 aromatic heterocycles. The average Bonchev–Trinajstić information content (AvgIpc) is 2.53. The summed E-state index contributed by atoms with van der Waals surface area (Å²) >= 11 is 0. The van der Waals surface area contributed by atoms with E-state index in [4.69, 9.17) is 9.47 Å². The number of morpholine rings is 1. The molecule has 1 fully saturated rings. The number of nitrogens with one attached hydrogen (secondary N) is 2. The third-order valence-electron chi connectivity index (χ3n) is 3.92. The molecule has 0 radical (unpaired) electrons. The minimum Gasteiger partial charge on any atom is -0.379 e. The monoisotopic (exact) mass is 492 g/mol. The zero-order valence-electron chi connectivity index (χ0n) is 15.7. The maximum absolute atomic E-state index is 11.0. The van der Waals surface area contributed by atoms with Gasteiger partial charge < -0.3 is 20.1 Å². The quantitative estimate of drug-likeness (QED) is 0.202. The average molecular weight is 492 g/mol. The van der Waals surface area contributed by atoms with Crippen molar-refractivity contribution in [2.75, 3.05) is 71.7 Å². The molecule has 0 aliphatic carbocycles. The van der Waals surface area contributed by atoms with E-state index < -0.39 is 9.84 Å². The van der Waals surface area contributed by atoms with E-state index in [2.05, 4.69) is 34.4 Å². The minimum absolute atomic E-state index is 0. The van der Waals surface area contributed by atoms with Crippen molar-refractivity contribution in [3.63, 3.8) is 0 Å². The highest BCUT2D eigenvalue weighted by Gasteiger charge is 2.28. The van der Waals surface area contributed by atoms with E-state index in [9.17, 15) is 8.42 Å². The number of hydrogen-bond acceptors (Lipinski definition) is 6. The standard InChI is InChI=1S/C15H32N4O4S.HI/c1-15(2,19-6-9-23-10-7-19)13-18-14(16-3)17-5-8-22-11-12-24(4,20)21;/h5-13H2,1-4H3,(H2,16,17,18);1H. The van der Waals surface area contributed by atoms with Gasteiger partial charge in [0, 0.05) is 45.0 Å². The largest absolute Gasteiger partial charge is 0.379 e. The van der Waals surface area contributed by atoms with Crippen LogP contribution in [-0.2, 0) is 19.3 Å². The Morgan fingerprint density at radius 1 is 1.24 bits per heavy atom. The molecule has 0 atom stereocenters. The Morgan fingerprint density at radius 3 is 2.44 bits per heavy atom. The molecular formula is C15H33IN4O4S. The van der Waals surface area contributed by atoms with Crippen molar-refractivity contribution in [3.8, 4) is 0 Å². The Morgan fingerprint density at radius 2 is 1.88 bits per heavy atom. The molecule has 1 aliphatic rings. The molecule has 10 heteroatoms. The molecule has 1 aliphatic heterocycles. The highest BCUT2D eigenvalue weighted by atomic mass is 127. The number of rotatable bonds is 9. The van der Waals surface area contributed by atoms with Crippen LogP contribution in [0.25, 0.3) is 0 Å². The van der Waals surface area contributed by atoms with Crippen LogP contribution in [-0.4, -0.2) is 96.5 Å². The van der Waals surface area contributed by atoms with Crippen molar-refractivity contribution in [2.24, 2.45) is 4.99 Å². The SMILES string of the molecule is CN=C(NCCOCCS(C)(=O)=O)NCC(C)(C)N1CCOCC1.I. The van der Waals surface area contributed by atoms with Gasteiger partial charge in [0.25, 0.3) is 0 Å². The molecule has 0 amide bonds. The summed E-state index contributed by atoms with van der Waals surface area (Å²) in [5.41, 5.74) is 0.00733. The van der Waals surface area contributed by atoms with Gasteiger partial charge in [0.2, 0.25) is 0 Å². The molecule has 0 bridgehead atoms. The lowest BCUT2D eigenvalue weighted by Crippen LogP contribution is -2.56. The van der Waals surface area contributed by atoms with E-state index >= 15 is 0 Å². The van der Waals surface area contributed by atoms with Gasteiger partial charge in [-0.25, -0.2) is 8.42 Å². The zero-order chi connectivity index (χ0) is 18.1. The first-order valence-electron chi connectivity index (χ1n) is 8.27. The van der Waals surface area contributed by atoms with Crippen LogP contribution in [0.5, 0.6) is 0 Å². The van der Waals surface area contributed by atoms with E-state index in [1.807, 2.05) is 0 Å². The highest BCUT2D eigenvalue weighted by Crippen LogP contribution is 2.14. The van der Waals surface area contributed by atoms with Gasteiger partial charge in [-0.3, -0.25) is 9.89 Å². The molecule has 1 heterocycles. The summed E-state index contributed by atoms with van der Waals surface area (Å²) in [6.45, 7) is 9.83. The van der Waals surface area contributed by atoms with Gasteiger partial charge in [0.15, 0.2) is 5.96 Å². The molecule has 0 aromatic rings. The second-order valence-corrected chi connectivity index (χ2v) is 8.77. The van der Waals surface area contributed by atoms with Crippen LogP contribution < -0.4 is 10.6 Å². The molecule has 150 valence electrons. The van der Waals surface area contributed by atoms with Crippen molar-refractivity contribution in [1.82, 2.24) is 15.5 Å². The number of guanidine groups is 1. The van der Waals surface area contributed by atoms with Gasteiger partial charge in [-0.2, -0.15) is 0 Å². The summed E-state index contributed by atoms with van der Waals surface area (Å²) in [4.78, 5) is 6.60. The minimum atomic E-state index is -2.96. The molecule has 8 nitrogen and oxygen atoms in total. The number of halogens is 1.